The first kappa shape index (κ1) is 35.9. The third kappa shape index (κ3) is 11.1. The molecule has 1 saturated heterocycles. The van der Waals surface area contributed by atoms with Crippen molar-refractivity contribution in [3.05, 3.63) is 36.0 Å². The van der Waals surface area contributed by atoms with E-state index in [2.05, 4.69) is 34.8 Å². The van der Waals surface area contributed by atoms with Crippen LogP contribution in [0.4, 0.5) is 4.79 Å². The molecule has 1 aromatic heterocycles. The predicted molar refractivity (Wildman–Crippen MR) is 172 cm³/mol. The van der Waals surface area contributed by atoms with Crippen LogP contribution in [0.15, 0.2) is 30.5 Å². The number of rotatable bonds is 13. The molecule has 11 nitrogen and oxygen atoms in total. The monoisotopic (exact) mass is 628 g/mol. The van der Waals surface area contributed by atoms with Crippen molar-refractivity contribution in [2.24, 2.45) is 11.8 Å². The molecular weight excluding hydrogens is 576 g/mol. The van der Waals surface area contributed by atoms with Crippen molar-refractivity contribution >= 4 is 34.8 Å². The largest absolute Gasteiger partial charge is 0.467 e. The van der Waals surface area contributed by atoms with Gasteiger partial charge >= 0.3 is 12.1 Å². The van der Waals surface area contributed by atoms with Crippen molar-refractivity contribution in [1.82, 2.24) is 20.9 Å². The number of esters is 1. The number of carbonyl (C=O) groups excluding carboxylic acids is 4. The highest BCUT2D eigenvalue weighted by Crippen LogP contribution is 2.26. The van der Waals surface area contributed by atoms with Gasteiger partial charge in [-0.3, -0.25) is 9.59 Å². The number of benzene rings is 1. The second-order valence-electron chi connectivity index (χ2n) is 13.8. The van der Waals surface area contributed by atoms with Gasteiger partial charge in [0.2, 0.25) is 11.8 Å². The molecule has 4 N–H and O–H groups in total. The fourth-order valence-corrected chi connectivity index (χ4v) is 5.71. The number of carbonyl (C=O) groups is 4. The third-order valence-corrected chi connectivity index (χ3v) is 7.70. The molecule has 3 rings (SSSR count). The Bertz CT molecular complexity index is 1300. The molecule has 0 spiro atoms. The maximum absolute atomic E-state index is 13.7. The number of hydrogen-bond acceptors (Lipinski definition) is 7. The van der Waals surface area contributed by atoms with E-state index >= 15 is 0 Å². The Kier molecular flexibility index (Phi) is 12.8. The molecule has 5 atom stereocenters. The Morgan fingerprint density at radius 1 is 0.956 bits per heavy atom. The fourth-order valence-electron chi connectivity index (χ4n) is 5.71. The first-order valence-electron chi connectivity index (χ1n) is 16.0. The summed E-state index contributed by atoms with van der Waals surface area (Å²) in [5.74, 6) is -1.06. The first-order valence-corrected chi connectivity index (χ1v) is 16.0. The van der Waals surface area contributed by atoms with Crippen molar-refractivity contribution < 1.29 is 33.4 Å². The van der Waals surface area contributed by atoms with Gasteiger partial charge in [0.05, 0.1) is 19.3 Å². The summed E-state index contributed by atoms with van der Waals surface area (Å²) < 4.78 is 16.8. The Hall–Kier alpha value is -3.60. The van der Waals surface area contributed by atoms with Crippen LogP contribution in [0.3, 0.4) is 0 Å². The zero-order valence-corrected chi connectivity index (χ0v) is 28.0. The van der Waals surface area contributed by atoms with Crippen LogP contribution in [0.2, 0.25) is 0 Å². The highest BCUT2D eigenvalue weighted by atomic mass is 16.6. The third-order valence-electron chi connectivity index (χ3n) is 7.70. The standard InChI is InChI=1S/C34H52N4O7/c1-20(2)16-25(38-33(42)45-34(5,6)7)28-14-11-15-29(44-28)31(40)36-26(18-22-19-35-24-13-10-9-12-23(22)24)30(39)37-27(17-21(3)4)32(41)43-8/h9-10,12-13,19-21,25-29,35H,11,14-18H2,1-8H3,(H,36,40)(H,37,39)(H,38,42)/t25-,26-,27+,28-,29+/m0/s1. The van der Waals surface area contributed by atoms with Crippen LogP contribution >= 0.6 is 0 Å². The summed E-state index contributed by atoms with van der Waals surface area (Å²) in [5.41, 5.74) is 1.12. The van der Waals surface area contributed by atoms with E-state index in [1.54, 1.807) is 20.8 Å². The molecule has 3 amide bonds. The molecule has 1 aliphatic rings. The van der Waals surface area contributed by atoms with E-state index in [1.807, 2.05) is 44.3 Å². The van der Waals surface area contributed by atoms with E-state index in [0.29, 0.717) is 32.1 Å². The van der Waals surface area contributed by atoms with Crippen LogP contribution in [0.25, 0.3) is 10.9 Å². The number of ether oxygens (including phenoxy) is 3. The molecule has 0 aliphatic carbocycles. The minimum atomic E-state index is -0.980. The molecule has 0 radical (unpaired) electrons. The highest BCUT2D eigenvalue weighted by Gasteiger charge is 2.36. The van der Waals surface area contributed by atoms with Gasteiger partial charge in [0.15, 0.2) is 0 Å². The maximum atomic E-state index is 13.7. The molecule has 0 unspecified atom stereocenters. The zero-order valence-electron chi connectivity index (χ0n) is 28.0. The van der Waals surface area contributed by atoms with Gasteiger partial charge in [-0.2, -0.15) is 0 Å². The lowest BCUT2D eigenvalue weighted by atomic mass is 9.92. The van der Waals surface area contributed by atoms with Gasteiger partial charge in [-0.15, -0.1) is 0 Å². The lowest BCUT2D eigenvalue weighted by Gasteiger charge is -2.36. The molecular formula is C34H52N4O7. The van der Waals surface area contributed by atoms with E-state index in [-0.39, 0.29) is 24.3 Å². The average Bonchev–Trinajstić information content (AvgIpc) is 3.37. The molecule has 0 saturated carbocycles. The van der Waals surface area contributed by atoms with Crippen LogP contribution in [0.1, 0.15) is 86.1 Å². The molecule has 2 aromatic rings. The normalized spacial score (nSPS) is 19.1. The number of aromatic nitrogens is 1. The van der Waals surface area contributed by atoms with Gasteiger partial charge in [0.25, 0.3) is 0 Å². The van der Waals surface area contributed by atoms with Crippen molar-refractivity contribution in [3.63, 3.8) is 0 Å². The SMILES string of the molecule is COC(=O)[C@@H](CC(C)C)NC(=O)[C@H](Cc1c[nH]c2ccccc12)NC(=O)[C@H]1CCC[C@@H]([C@H](CC(C)C)NC(=O)OC(C)(C)C)O1. The Balaban J connectivity index is 1.80. The highest BCUT2D eigenvalue weighted by molar-refractivity contribution is 5.93. The molecule has 1 aromatic carbocycles. The van der Waals surface area contributed by atoms with Crippen LogP contribution in [-0.4, -0.2) is 71.9 Å². The average molecular weight is 629 g/mol. The number of amides is 3. The van der Waals surface area contributed by atoms with Gasteiger partial charge in [-0.1, -0.05) is 45.9 Å². The van der Waals surface area contributed by atoms with Gasteiger partial charge < -0.3 is 35.1 Å². The second kappa shape index (κ2) is 16.1. The molecule has 2 heterocycles. The number of fused-ring (bicyclic) bond motifs is 1. The van der Waals surface area contributed by atoms with Crippen molar-refractivity contribution in [2.75, 3.05) is 7.11 Å². The van der Waals surface area contributed by atoms with Crippen LogP contribution < -0.4 is 16.0 Å². The summed E-state index contributed by atoms with van der Waals surface area (Å²) in [7, 11) is 1.29. The topological polar surface area (TPSA) is 148 Å². The summed E-state index contributed by atoms with van der Waals surface area (Å²) in [6.07, 6.45) is 3.18. The number of alkyl carbamates (subject to hydrolysis) is 1. The Labute approximate surface area is 266 Å². The van der Waals surface area contributed by atoms with Gasteiger partial charge in [-0.25, -0.2) is 9.59 Å². The van der Waals surface area contributed by atoms with Crippen LogP contribution in [0.5, 0.6) is 0 Å². The van der Waals surface area contributed by atoms with Crippen LogP contribution in [0, 0.1) is 11.8 Å². The van der Waals surface area contributed by atoms with Gasteiger partial charge in [0.1, 0.15) is 23.8 Å². The molecule has 1 fully saturated rings. The smallest absolute Gasteiger partial charge is 0.407 e. The minimum Gasteiger partial charge on any atom is -0.467 e. The van der Waals surface area contributed by atoms with E-state index in [1.165, 1.54) is 7.11 Å². The summed E-state index contributed by atoms with van der Waals surface area (Å²) in [6, 6.07) is 5.55. The van der Waals surface area contributed by atoms with Crippen molar-refractivity contribution in [3.8, 4) is 0 Å². The molecule has 45 heavy (non-hydrogen) atoms. The number of H-pyrrole nitrogens is 1. The summed E-state index contributed by atoms with van der Waals surface area (Å²) in [6.45, 7) is 13.4. The first-order chi connectivity index (χ1) is 21.2. The fraction of sp³-hybridized carbons (Fsp3) is 0.647. The lowest BCUT2D eigenvalue weighted by Crippen LogP contribution is -2.56. The summed E-state index contributed by atoms with van der Waals surface area (Å²) in [4.78, 5) is 55.8. The quantitative estimate of drug-likeness (QED) is 0.234. The number of nitrogens with one attached hydrogen (secondary N) is 4. The number of methoxy groups -OCH3 is 1. The summed E-state index contributed by atoms with van der Waals surface area (Å²) >= 11 is 0. The summed E-state index contributed by atoms with van der Waals surface area (Å²) in [5, 5.41) is 9.64. The number of para-hydroxylation sites is 1. The number of hydrogen-bond donors (Lipinski definition) is 4. The molecule has 11 heteroatoms. The van der Waals surface area contributed by atoms with E-state index in [0.717, 1.165) is 16.5 Å². The Morgan fingerprint density at radius 3 is 2.29 bits per heavy atom. The van der Waals surface area contributed by atoms with E-state index in [9.17, 15) is 19.2 Å². The van der Waals surface area contributed by atoms with Crippen LogP contribution in [-0.2, 0) is 35.0 Å². The molecule has 1 aliphatic heterocycles. The second-order valence-corrected chi connectivity index (χ2v) is 13.8. The number of aromatic amines is 1. The van der Waals surface area contributed by atoms with Gasteiger partial charge in [-0.05, 0) is 76.3 Å². The lowest BCUT2D eigenvalue weighted by molar-refractivity contribution is -0.147. The zero-order chi connectivity index (χ0) is 33.3. The molecule has 0 bridgehead atoms. The Morgan fingerprint density at radius 2 is 1.64 bits per heavy atom. The predicted octanol–water partition coefficient (Wildman–Crippen LogP) is 4.78. The maximum Gasteiger partial charge on any atom is 0.407 e. The van der Waals surface area contributed by atoms with Crippen molar-refractivity contribution in [1.29, 1.82) is 0 Å². The molecule has 250 valence electrons. The van der Waals surface area contributed by atoms with E-state index in [4.69, 9.17) is 14.2 Å². The van der Waals surface area contributed by atoms with Gasteiger partial charge in [0, 0.05) is 23.5 Å². The van der Waals surface area contributed by atoms with Crippen molar-refractivity contribution in [2.45, 2.75) is 123 Å². The minimum absolute atomic E-state index is 0.122. The van der Waals surface area contributed by atoms with E-state index < -0.39 is 53.8 Å².